The van der Waals surface area contributed by atoms with Crippen molar-refractivity contribution in [2.24, 2.45) is 0 Å². The Bertz CT molecular complexity index is 429. The van der Waals surface area contributed by atoms with Crippen LogP contribution in [0.3, 0.4) is 0 Å². The molecule has 0 radical (unpaired) electrons. The minimum absolute atomic E-state index is 0.422. The first kappa shape index (κ1) is 15.3. The van der Waals surface area contributed by atoms with Gasteiger partial charge in [-0.25, -0.2) is 0 Å². The number of likely N-dealkylation sites (N-methyl/N-ethyl adjacent to an activating group) is 1. The van der Waals surface area contributed by atoms with E-state index in [1.54, 1.807) is 0 Å². The van der Waals surface area contributed by atoms with Crippen LogP contribution in [0.15, 0.2) is 18.2 Å². The average molecular weight is 276 g/mol. The SMILES string of the molecule is CC(C)c1ccc2c(c1)C(NCCN(C)C)CCCO2. The number of nitrogens with zero attached hydrogens (tertiary/aromatic N) is 1. The lowest BCUT2D eigenvalue weighted by molar-refractivity contribution is 0.314. The van der Waals surface area contributed by atoms with Crippen molar-refractivity contribution in [3.63, 3.8) is 0 Å². The third kappa shape index (κ3) is 3.97. The van der Waals surface area contributed by atoms with Crippen molar-refractivity contribution >= 4 is 0 Å². The van der Waals surface area contributed by atoms with Crippen LogP contribution < -0.4 is 10.1 Å². The molecule has 0 saturated heterocycles. The lowest BCUT2D eigenvalue weighted by Crippen LogP contribution is -2.29. The second-order valence-corrected chi connectivity index (χ2v) is 6.25. The fraction of sp³-hybridized carbons (Fsp3) is 0.647. The minimum atomic E-state index is 0.422. The Morgan fingerprint density at radius 2 is 2.15 bits per heavy atom. The fourth-order valence-corrected chi connectivity index (χ4v) is 2.63. The maximum Gasteiger partial charge on any atom is 0.124 e. The number of hydrogen-bond acceptors (Lipinski definition) is 3. The highest BCUT2D eigenvalue weighted by molar-refractivity contribution is 5.41. The van der Waals surface area contributed by atoms with Crippen LogP contribution in [-0.4, -0.2) is 38.7 Å². The summed E-state index contributed by atoms with van der Waals surface area (Å²) in [5.74, 6) is 1.63. The molecule has 112 valence electrons. The number of rotatable bonds is 5. The molecule has 1 aromatic carbocycles. The second-order valence-electron chi connectivity index (χ2n) is 6.25. The Labute approximate surface area is 123 Å². The summed E-state index contributed by atoms with van der Waals surface area (Å²) in [6.07, 6.45) is 2.27. The maximum atomic E-state index is 5.89. The van der Waals surface area contributed by atoms with Crippen LogP contribution in [-0.2, 0) is 0 Å². The van der Waals surface area contributed by atoms with Crippen molar-refractivity contribution in [1.29, 1.82) is 0 Å². The summed E-state index contributed by atoms with van der Waals surface area (Å²) in [4.78, 5) is 2.21. The molecule has 20 heavy (non-hydrogen) atoms. The topological polar surface area (TPSA) is 24.5 Å². The van der Waals surface area contributed by atoms with Gasteiger partial charge in [0, 0.05) is 24.7 Å². The molecule has 3 heteroatoms. The van der Waals surface area contributed by atoms with Crippen LogP contribution in [0.2, 0.25) is 0 Å². The lowest BCUT2D eigenvalue weighted by Gasteiger charge is -2.21. The first-order chi connectivity index (χ1) is 9.58. The van der Waals surface area contributed by atoms with Crippen LogP contribution in [0.1, 0.15) is 49.8 Å². The summed E-state index contributed by atoms with van der Waals surface area (Å²) in [7, 11) is 4.23. The monoisotopic (exact) mass is 276 g/mol. The van der Waals surface area contributed by atoms with Crippen molar-refractivity contribution in [3.8, 4) is 5.75 Å². The first-order valence-electron chi connectivity index (χ1n) is 7.72. The molecule has 1 heterocycles. The Morgan fingerprint density at radius 1 is 1.35 bits per heavy atom. The van der Waals surface area contributed by atoms with E-state index < -0.39 is 0 Å². The standard InChI is InChI=1S/C17H28N2O/c1-13(2)14-7-8-17-15(12-14)16(6-5-11-20-17)18-9-10-19(3)4/h7-8,12-13,16,18H,5-6,9-11H2,1-4H3. The third-order valence-electron chi connectivity index (χ3n) is 3.92. The fourth-order valence-electron chi connectivity index (χ4n) is 2.63. The zero-order chi connectivity index (χ0) is 14.5. The van der Waals surface area contributed by atoms with Crippen molar-refractivity contribution in [3.05, 3.63) is 29.3 Å². The van der Waals surface area contributed by atoms with Gasteiger partial charge in [-0.15, -0.1) is 0 Å². The van der Waals surface area contributed by atoms with Gasteiger partial charge in [-0.05, 0) is 44.5 Å². The Kier molecular flexibility index (Phi) is 5.44. The molecule has 0 aliphatic carbocycles. The number of hydrogen-bond donors (Lipinski definition) is 1. The van der Waals surface area contributed by atoms with Gasteiger partial charge >= 0.3 is 0 Å². The van der Waals surface area contributed by atoms with Crippen molar-refractivity contribution < 1.29 is 4.74 Å². The molecule has 1 aliphatic rings. The molecule has 1 N–H and O–H groups in total. The van der Waals surface area contributed by atoms with Gasteiger partial charge in [-0.1, -0.05) is 26.0 Å². The highest BCUT2D eigenvalue weighted by Gasteiger charge is 2.20. The summed E-state index contributed by atoms with van der Waals surface area (Å²) in [5, 5.41) is 3.69. The molecule has 0 amide bonds. The highest BCUT2D eigenvalue weighted by atomic mass is 16.5. The van der Waals surface area contributed by atoms with Gasteiger partial charge in [0.25, 0.3) is 0 Å². The predicted molar refractivity (Wildman–Crippen MR) is 84.6 cm³/mol. The summed E-state index contributed by atoms with van der Waals surface area (Å²) in [5.41, 5.74) is 2.74. The Morgan fingerprint density at radius 3 is 2.85 bits per heavy atom. The third-order valence-corrected chi connectivity index (χ3v) is 3.92. The molecule has 1 unspecified atom stereocenters. The molecule has 0 saturated carbocycles. The van der Waals surface area contributed by atoms with Crippen LogP contribution >= 0.6 is 0 Å². The maximum absolute atomic E-state index is 5.89. The molecule has 0 aromatic heterocycles. The molecule has 0 spiro atoms. The van der Waals surface area contributed by atoms with Crippen LogP contribution in [0, 0.1) is 0 Å². The molecular formula is C17H28N2O. The summed E-state index contributed by atoms with van der Waals surface area (Å²) in [6, 6.07) is 7.10. The lowest BCUT2D eigenvalue weighted by atomic mass is 9.95. The zero-order valence-corrected chi connectivity index (χ0v) is 13.3. The van der Waals surface area contributed by atoms with Crippen LogP contribution in [0.4, 0.5) is 0 Å². The highest BCUT2D eigenvalue weighted by Crippen LogP contribution is 2.33. The van der Waals surface area contributed by atoms with Crippen LogP contribution in [0.5, 0.6) is 5.75 Å². The molecule has 3 nitrogen and oxygen atoms in total. The van der Waals surface area contributed by atoms with E-state index in [1.807, 2.05) is 0 Å². The second kappa shape index (κ2) is 7.09. The smallest absolute Gasteiger partial charge is 0.124 e. The van der Waals surface area contributed by atoms with E-state index in [0.29, 0.717) is 12.0 Å². The first-order valence-corrected chi connectivity index (χ1v) is 7.72. The number of nitrogens with one attached hydrogen (secondary N) is 1. The van der Waals surface area contributed by atoms with E-state index in [4.69, 9.17) is 4.74 Å². The van der Waals surface area contributed by atoms with E-state index in [9.17, 15) is 0 Å². The van der Waals surface area contributed by atoms with E-state index in [1.165, 1.54) is 11.1 Å². The molecular weight excluding hydrogens is 248 g/mol. The number of benzene rings is 1. The van der Waals surface area contributed by atoms with Gasteiger partial charge in [-0.2, -0.15) is 0 Å². The van der Waals surface area contributed by atoms with Gasteiger partial charge < -0.3 is 15.0 Å². The average Bonchev–Trinajstić information content (AvgIpc) is 2.60. The summed E-state index contributed by atoms with van der Waals surface area (Å²) < 4.78 is 5.89. The summed E-state index contributed by atoms with van der Waals surface area (Å²) in [6.45, 7) is 7.40. The molecule has 1 atom stereocenters. The molecule has 2 rings (SSSR count). The van der Waals surface area contributed by atoms with Crippen molar-refractivity contribution in [2.75, 3.05) is 33.8 Å². The number of fused-ring (bicyclic) bond motifs is 1. The molecule has 0 fully saturated rings. The van der Waals surface area contributed by atoms with Crippen LogP contribution in [0.25, 0.3) is 0 Å². The molecule has 1 aliphatic heterocycles. The largest absolute Gasteiger partial charge is 0.493 e. The summed E-state index contributed by atoms with van der Waals surface area (Å²) >= 11 is 0. The van der Waals surface area contributed by atoms with Gasteiger partial charge in [0.1, 0.15) is 5.75 Å². The Hall–Kier alpha value is -1.06. The van der Waals surface area contributed by atoms with E-state index in [2.05, 4.69) is 56.4 Å². The minimum Gasteiger partial charge on any atom is -0.493 e. The van der Waals surface area contributed by atoms with Gasteiger partial charge in [0.15, 0.2) is 0 Å². The molecule has 0 bridgehead atoms. The van der Waals surface area contributed by atoms with Crippen molar-refractivity contribution in [1.82, 2.24) is 10.2 Å². The van der Waals surface area contributed by atoms with E-state index in [-0.39, 0.29) is 0 Å². The van der Waals surface area contributed by atoms with Gasteiger partial charge in [-0.3, -0.25) is 0 Å². The van der Waals surface area contributed by atoms with Gasteiger partial charge in [0.05, 0.1) is 6.61 Å². The van der Waals surface area contributed by atoms with Gasteiger partial charge in [0.2, 0.25) is 0 Å². The molecule has 1 aromatic rings. The van der Waals surface area contributed by atoms with Crippen molar-refractivity contribution in [2.45, 2.75) is 38.6 Å². The zero-order valence-electron chi connectivity index (χ0n) is 13.3. The quantitative estimate of drug-likeness (QED) is 0.894. The number of ether oxygens (including phenoxy) is 1. The normalized spacial score (nSPS) is 18.8. The predicted octanol–water partition coefficient (Wildman–Crippen LogP) is 3.17. The Balaban J connectivity index is 2.15. The van der Waals surface area contributed by atoms with E-state index in [0.717, 1.165) is 38.3 Å². The van der Waals surface area contributed by atoms with E-state index >= 15 is 0 Å².